The fourth-order valence-corrected chi connectivity index (χ4v) is 3.18. The first-order valence-corrected chi connectivity index (χ1v) is 9.67. The van der Waals surface area contributed by atoms with Crippen LogP contribution in [-0.4, -0.2) is 25.7 Å². The van der Waals surface area contributed by atoms with Gasteiger partial charge in [-0.15, -0.1) is 0 Å². The van der Waals surface area contributed by atoms with E-state index in [9.17, 15) is 35.5 Å². The van der Waals surface area contributed by atoms with Crippen molar-refractivity contribution in [1.29, 1.82) is 0 Å². The van der Waals surface area contributed by atoms with Crippen molar-refractivity contribution >= 4 is 11.6 Å². The smallest absolute Gasteiger partial charge is 0.320 e. The second-order valence-electron chi connectivity index (χ2n) is 7.07. The molecule has 4 rings (SSSR count). The molecule has 35 heavy (non-hydrogen) atoms. The SMILES string of the molecule is O=C(Nc1ccccc1-c1cnc(-n2ccc(C(F)(F)F)n2)c(F)c1)c1ncccc1C(F)(F)F. The van der Waals surface area contributed by atoms with Crippen LogP contribution >= 0.6 is 0 Å². The minimum absolute atomic E-state index is 0.0312. The molecule has 3 aromatic heterocycles. The summed E-state index contributed by atoms with van der Waals surface area (Å²) in [6, 6.07) is 9.20. The summed E-state index contributed by atoms with van der Waals surface area (Å²) in [4.78, 5) is 19.9. The molecule has 6 nitrogen and oxygen atoms in total. The van der Waals surface area contributed by atoms with Gasteiger partial charge in [0.2, 0.25) is 0 Å². The van der Waals surface area contributed by atoms with E-state index in [0.717, 1.165) is 30.7 Å². The molecule has 0 saturated carbocycles. The molecule has 3 heterocycles. The van der Waals surface area contributed by atoms with Gasteiger partial charge in [-0.1, -0.05) is 18.2 Å². The maximum Gasteiger partial charge on any atom is 0.435 e. The van der Waals surface area contributed by atoms with Crippen LogP contribution in [0.25, 0.3) is 16.9 Å². The Morgan fingerprint density at radius 2 is 1.66 bits per heavy atom. The molecule has 1 amide bonds. The molecule has 0 fully saturated rings. The molecular weight excluding hydrogens is 483 g/mol. The van der Waals surface area contributed by atoms with E-state index in [1.54, 1.807) is 0 Å². The van der Waals surface area contributed by atoms with Crippen LogP contribution in [0.4, 0.5) is 36.4 Å². The first kappa shape index (κ1) is 23.9. The van der Waals surface area contributed by atoms with Crippen LogP contribution in [0.5, 0.6) is 0 Å². The van der Waals surface area contributed by atoms with Gasteiger partial charge < -0.3 is 5.32 Å². The highest BCUT2D eigenvalue weighted by Gasteiger charge is 2.36. The van der Waals surface area contributed by atoms with Gasteiger partial charge in [-0.3, -0.25) is 9.78 Å². The van der Waals surface area contributed by atoms with Gasteiger partial charge in [-0.2, -0.15) is 31.4 Å². The van der Waals surface area contributed by atoms with E-state index in [0.29, 0.717) is 16.8 Å². The Labute approximate surface area is 192 Å². The number of amides is 1. The molecule has 4 aromatic rings. The maximum absolute atomic E-state index is 14.7. The number of pyridine rings is 2. The highest BCUT2D eigenvalue weighted by molar-refractivity contribution is 6.06. The number of halogens is 7. The second-order valence-corrected chi connectivity index (χ2v) is 7.07. The largest absolute Gasteiger partial charge is 0.435 e. The van der Waals surface area contributed by atoms with Gasteiger partial charge in [0, 0.05) is 35.4 Å². The molecule has 0 unspecified atom stereocenters. The number of carbonyl (C=O) groups excluding carboxylic acids is 1. The summed E-state index contributed by atoms with van der Waals surface area (Å²) in [5.74, 6) is -2.68. The van der Waals surface area contributed by atoms with Gasteiger partial charge >= 0.3 is 12.4 Å². The van der Waals surface area contributed by atoms with E-state index >= 15 is 0 Å². The number of anilines is 1. The zero-order valence-corrected chi connectivity index (χ0v) is 17.2. The van der Waals surface area contributed by atoms with Crippen LogP contribution < -0.4 is 5.32 Å². The summed E-state index contributed by atoms with van der Waals surface area (Å²) in [7, 11) is 0. The number of benzene rings is 1. The molecule has 0 aliphatic carbocycles. The minimum Gasteiger partial charge on any atom is -0.320 e. The molecule has 0 saturated heterocycles. The Morgan fingerprint density at radius 3 is 2.31 bits per heavy atom. The Balaban J connectivity index is 1.66. The molecule has 180 valence electrons. The highest BCUT2D eigenvalue weighted by atomic mass is 19.4. The fraction of sp³-hybridized carbons (Fsp3) is 0.0909. The van der Waals surface area contributed by atoms with Crippen LogP contribution in [0.15, 0.2) is 67.1 Å². The van der Waals surface area contributed by atoms with Crippen LogP contribution in [0, 0.1) is 5.82 Å². The molecule has 13 heteroatoms. The Bertz CT molecular complexity index is 1400. The number of nitrogens with zero attached hydrogens (tertiary/aromatic N) is 4. The third-order valence-corrected chi connectivity index (χ3v) is 4.73. The average molecular weight is 495 g/mol. The zero-order valence-electron chi connectivity index (χ0n) is 17.2. The number of alkyl halides is 6. The quantitative estimate of drug-likeness (QED) is 0.366. The first-order valence-electron chi connectivity index (χ1n) is 9.67. The summed E-state index contributed by atoms with van der Waals surface area (Å²) in [6.07, 6.45) is -6.48. The van der Waals surface area contributed by atoms with Gasteiger partial charge in [0.05, 0.1) is 5.56 Å². The Morgan fingerprint density at radius 1 is 0.914 bits per heavy atom. The lowest BCUT2D eigenvalue weighted by Gasteiger charge is -2.14. The summed E-state index contributed by atoms with van der Waals surface area (Å²) in [5, 5.41) is 5.60. The molecule has 0 bridgehead atoms. The predicted octanol–water partition coefficient (Wildman–Crippen LogP) is 5.76. The van der Waals surface area contributed by atoms with Crippen molar-refractivity contribution in [3.63, 3.8) is 0 Å². The Hall–Kier alpha value is -4.29. The lowest BCUT2D eigenvalue weighted by molar-refractivity contribution is -0.141. The van der Waals surface area contributed by atoms with Gasteiger partial charge in [0.15, 0.2) is 17.3 Å². The number of rotatable bonds is 4. The summed E-state index contributed by atoms with van der Waals surface area (Å²) in [6.45, 7) is 0. The van der Waals surface area contributed by atoms with Crippen molar-refractivity contribution in [2.45, 2.75) is 12.4 Å². The number of carbonyl (C=O) groups is 1. The van der Waals surface area contributed by atoms with Gasteiger partial charge in [0.1, 0.15) is 5.69 Å². The number of hydrogen-bond acceptors (Lipinski definition) is 4. The van der Waals surface area contributed by atoms with Crippen molar-refractivity contribution in [2.75, 3.05) is 5.32 Å². The molecule has 0 aliphatic rings. The lowest BCUT2D eigenvalue weighted by Crippen LogP contribution is -2.20. The van der Waals surface area contributed by atoms with Crippen molar-refractivity contribution in [3.8, 4) is 16.9 Å². The highest BCUT2D eigenvalue weighted by Crippen LogP contribution is 2.33. The number of aromatic nitrogens is 4. The summed E-state index contributed by atoms with van der Waals surface area (Å²) in [5.41, 5.74) is -2.99. The lowest BCUT2D eigenvalue weighted by atomic mass is 10.0. The van der Waals surface area contributed by atoms with Crippen molar-refractivity contribution in [3.05, 3.63) is 89.9 Å². The molecule has 0 atom stereocenters. The summed E-state index contributed by atoms with van der Waals surface area (Å²) < 4.78 is 93.4. The third-order valence-electron chi connectivity index (χ3n) is 4.73. The monoisotopic (exact) mass is 495 g/mol. The topological polar surface area (TPSA) is 72.7 Å². The van der Waals surface area contributed by atoms with E-state index in [-0.39, 0.29) is 16.8 Å². The molecule has 1 aromatic carbocycles. The van der Waals surface area contributed by atoms with Gasteiger partial charge in [0.25, 0.3) is 5.91 Å². The third kappa shape index (κ3) is 4.98. The normalized spacial score (nSPS) is 12.0. The van der Waals surface area contributed by atoms with Crippen LogP contribution in [0.1, 0.15) is 21.7 Å². The first-order chi connectivity index (χ1) is 16.4. The zero-order chi connectivity index (χ0) is 25.4. The molecular formula is C22H12F7N5O. The van der Waals surface area contributed by atoms with Crippen molar-refractivity contribution < 1.29 is 35.5 Å². The van der Waals surface area contributed by atoms with Crippen LogP contribution in [-0.2, 0) is 12.4 Å². The molecule has 0 radical (unpaired) electrons. The van der Waals surface area contributed by atoms with Crippen LogP contribution in [0.3, 0.4) is 0 Å². The summed E-state index contributed by atoms with van der Waals surface area (Å²) >= 11 is 0. The molecule has 0 spiro atoms. The van der Waals surface area contributed by atoms with Gasteiger partial charge in [-0.25, -0.2) is 14.1 Å². The van der Waals surface area contributed by atoms with Crippen molar-refractivity contribution in [2.24, 2.45) is 0 Å². The number of hydrogen-bond donors (Lipinski definition) is 1. The van der Waals surface area contributed by atoms with Crippen molar-refractivity contribution in [1.82, 2.24) is 19.7 Å². The van der Waals surface area contributed by atoms with E-state index in [1.165, 1.54) is 24.3 Å². The molecule has 1 N–H and O–H groups in total. The second kappa shape index (κ2) is 8.81. The van der Waals surface area contributed by atoms with E-state index in [4.69, 9.17) is 0 Å². The minimum atomic E-state index is -4.82. The fourth-order valence-electron chi connectivity index (χ4n) is 3.18. The predicted molar refractivity (Wildman–Crippen MR) is 109 cm³/mol. The van der Waals surface area contributed by atoms with E-state index in [1.807, 2.05) is 0 Å². The van der Waals surface area contributed by atoms with Crippen LogP contribution in [0.2, 0.25) is 0 Å². The van der Waals surface area contributed by atoms with E-state index in [2.05, 4.69) is 20.4 Å². The molecule has 0 aliphatic heterocycles. The van der Waals surface area contributed by atoms with Gasteiger partial charge in [-0.05, 0) is 30.3 Å². The maximum atomic E-state index is 14.7. The number of nitrogens with one attached hydrogen (secondary N) is 1. The average Bonchev–Trinajstić information content (AvgIpc) is 3.29. The Kier molecular flexibility index (Phi) is 6.01. The van der Waals surface area contributed by atoms with E-state index < -0.39 is 46.8 Å². The standard InChI is InChI=1S/C22H12F7N5O/c23-15-10-12(11-31-19(15)34-9-7-17(33-34)22(27,28)29)13-4-1-2-6-16(13)32-20(35)18-14(21(24,25)26)5-3-8-30-18/h1-11H,(H,32,35). The number of para-hydroxylation sites is 1.